The number of rotatable bonds is 5. The van der Waals surface area contributed by atoms with Gasteiger partial charge in [0.25, 0.3) is 5.69 Å². The highest BCUT2D eigenvalue weighted by Gasteiger charge is 2.14. The molecule has 0 aliphatic rings. The van der Waals surface area contributed by atoms with Crippen LogP contribution in [0.2, 0.25) is 0 Å². The number of aryl methyl sites for hydroxylation is 1. The first kappa shape index (κ1) is 12.4. The molecule has 1 rings (SSSR count). The lowest BCUT2D eigenvalue weighted by Gasteiger charge is -2.10. The molecule has 0 fully saturated rings. The average molecular weight is 226 g/mol. The first-order valence-corrected chi connectivity index (χ1v) is 4.82. The highest BCUT2D eigenvalue weighted by atomic mass is 16.6. The second kappa shape index (κ2) is 5.43. The molecule has 0 spiro atoms. The van der Waals surface area contributed by atoms with Crippen LogP contribution in [0.5, 0.6) is 0 Å². The van der Waals surface area contributed by atoms with E-state index in [-0.39, 0.29) is 18.8 Å². The summed E-state index contributed by atoms with van der Waals surface area (Å²) in [5, 5.41) is 31.2. The Bertz CT molecular complexity index is 381. The van der Waals surface area contributed by atoms with Crippen LogP contribution in [-0.2, 0) is 0 Å². The number of nitrogens with zero attached hydrogens (tertiary/aromatic N) is 1. The van der Waals surface area contributed by atoms with Gasteiger partial charge in [-0.15, -0.1) is 0 Å². The topological polar surface area (TPSA) is 95.6 Å². The van der Waals surface area contributed by atoms with Gasteiger partial charge >= 0.3 is 0 Å². The fourth-order valence-electron chi connectivity index (χ4n) is 1.23. The van der Waals surface area contributed by atoms with Crippen molar-refractivity contribution in [3.63, 3.8) is 0 Å². The molecule has 3 N–H and O–H groups in total. The van der Waals surface area contributed by atoms with Crippen LogP contribution in [-0.4, -0.2) is 34.4 Å². The predicted octanol–water partition coefficient (Wildman–Crippen LogP) is 0.668. The number of nitro benzene ring substituents is 1. The van der Waals surface area contributed by atoms with Gasteiger partial charge in [-0.1, -0.05) is 6.07 Å². The number of nitro groups is 1. The van der Waals surface area contributed by atoms with Crippen LogP contribution in [0.3, 0.4) is 0 Å². The van der Waals surface area contributed by atoms with Crippen LogP contribution in [0.4, 0.5) is 11.4 Å². The fraction of sp³-hybridized carbons (Fsp3) is 0.400. The van der Waals surface area contributed by atoms with E-state index >= 15 is 0 Å². The number of nitrogens with one attached hydrogen (secondary N) is 1. The van der Waals surface area contributed by atoms with Gasteiger partial charge in [0.05, 0.1) is 17.6 Å². The summed E-state index contributed by atoms with van der Waals surface area (Å²) in [5.41, 5.74) is 1.09. The summed E-state index contributed by atoms with van der Waals surface area (Å²) in [6, 6.07) is 4.77. The summed E-state index contributed by atoms with van der Waals surface area (Å²) in [6.07, 6.45) is -0.930. The van der Waals surface area contributed by atoms with E-state index in [9.17, 15) is 10.1 Å². The Labute approximate surface area is 92.7 Å². The molecular formula is C10H14N2O4. The molecule has 1 atom stereocenters. The zero-order valence-corrected chi connectivity index (χ0v) is 8.88. The Kier molecular flexibility index (Phi) is 4.21. The van der Waals surface area contributed by atoms with E-state index in [0.717, 1.165) is 5.56 Å². The molecule has 1 aromatic carbocycles. The van der Waals surface area contributed by atoms with Crippen molar-refractivity contribution in [1.82, 2.24) is 0 Å². The number of aliphatic hydroxyl groups excluding tert-OH is 2. The molecule has 0 saturated carbocycles. The van der Waals surface area contributed by atoms with Crippen molar-refractivity contribution < 1.29 is 15.1 Å². The molecule has 0 aliphatic heterocycles. The third-order valence-electron chi connectivity index (χ3n) is 2.09. The summed E-state index contributed by atoms with van der Waals surface area (Å²) in [4.78, 5) is 10.3. The Hall–Kier alpha value is -1.66. The predicted molar refractivity (Wildman–Crippen MR) is 59.4 cm³/mol. The Morgan fingerprint density at radius 2 is 2.25 bits per heavy atom. The van der Waals surface area contributed by atoms with Crippen molar-refractivity contribution in [3.05, 3.63) is 33.9 Å². The molecular weight excluding hydrogens is 212 g/mol. The maximum Gasteiger partial charge on any atom is 0.292 e. The Morgan fingerprint density at radius 1 is 1.56 bits per heavy atom. The first-order chi connectivity index (χ1) is 7.54. The molecule has 1 aromatic rings. The smallest absolute Gasteiger partial charge is 0.292 e. The molecule has 0 aliphatic carbocycles. The number of benzene rings is 1. The number of aliphatic hydroxyl groups is 2. The van der Waals surface area contributed by atoms with Gasteiger partial charge in [0.15, 0.2) is 0 Å². The van der Waals surface area contributed by atoms with Gasteiger partial charge in [0.2, 0.25) is 0 Å². The molecule has 6 heteroatoms. The lowest BCUT2D eigenvalue weighted by Crippen LogP contribution is -2.23. The van der Waals surface area contributed by atoms with Gasteiger partial charge in [-0.2, -0.15) is 0 Å². The minimum atomic E-state index is -0.930. The lowest BCUT2D eigenvalue weighted by atomic mass is 10.2. The standard InChI is InChI=1S/C10H14N2O4/c1-7-2-3-9(10(4-7)12(15)16)11-5-8(14)6-13/h2-4,8,11,13-14H,5-6H2,1H3. The highest BCUT2D eigenvalue weighted by molar-refractivity contribution is 5.62. The number of hydrogen-bond acceptors (Lipinski definition) is 5. The summed E-state index contributed by atoms with van der Waals surface area (Å²) < 4.78 is 0. The van der Waals surface area contributed by atoms with Crippen molar-refractivity contribution in [2.24, 2.45) is 0 Å². The minimum absolute atomic E-state index is 0.0369. The zero-order valence-electron chi connectivity index (χ0n) is 8.88. The highest BCUT2D eigenvalue weighted by Crippen LogP contribution is 2.24. The summed E-state index contributed by atoms with van der Waals surface area (Å²) in [5.74, 6) is 0. The summed E-state index contributed by atoms with van der Waals surface area (Å²) >= 11 is 0. The Morgan fingerprint density at radius 3 is 2.81 bits per heavy atom. The molecule has 6 nitrogen and oxygen atoms in total. The van der Waals surface area contributed by atoms with Crippen LogP contribution in [0, 0.1) is 17.0 Å². The molecule has 0 saturated heterocycles. The van der Waals surface area contributed by atoms with Gasteiger partial charge in [0.1, 0.15) is 5.69 Å². The number of hydrogen-bond donors (Lipinski definition) is 3. The molecule has 0 radical (unpaired) electrons. The lowest BCUT2D eigenvalue weighted by molar-refractivity contribution is -0.384. The second-order valence-electron chi connectivity index (χ2n) is 3.50. The second-order valence-corrected chi connectivity index (χ2v) is 3.50. The largest absolute Gasteiger partial charge is 0.394 e. The van der Waals surface area contributed by atoms with E-state index in [1.165, 1.54) is 6.07 Å². The van der Waals surface area contributed by atoms with E-state index in [1.807, 2.05) is 0 Å². The zero-order chi connectivity index (χ0) is 12.1. The summed E-state index contributed by atoms with van der Waals surface area (Å²) in [7, 11) is 0. The van der Waals surface area contributed by atoms with E-state index in [4.69, 9.17) is 10.2 Å². The quantitative estimate of drug-likeness (QED) is 0.506. The van der Waals surface area contributed by atoms with E-state index in [2.05, 4.69) is 5.32 Å². The van der Waals surface area contributed by atoms with E-state index in [0.29, 0.717) is 5.69 Å². The molecule has 88 valence electrons. The van der Waals surface area contributed by atoms with Crippen LogP contribution >= 0.6 is 0 Å². The number of anilines is 1. The maximum absolute atomic E-state index is 10.7. The van der Waals surface area contributed by atoms with Crippen LogP contribution in [0.1, 0.15) is 5.56 Å². The van der Waals surface area contributed by atoms with Gasteiger partial charge in [-0.25, -0.2) is 0 Å². The first-order valence-electron chi connectivity index (χ1n) is 4.82. The van der Waals surface area contributed by atoms with Crippen molar-refractivity contribution in [1.29, 1.82) is 0 Å². The monoisotopic (exact) mass is 226 g/mol. The van der Waals surface area contributed by atoms with Crippen molar-refractivity contribution >= 4 is 11.4 Å². The van der Waals surface area contributed by atoms with Crippen LogP contribution < -0.4 is 5.32 Å². The van der Waals surface area contributed by atoms with Gasteiger partial charge < -0.3 is 15.5 Å². The van der Waals surface area contributed by atoms with E-state index in [1.54, 1.807) is 19.1 Å². The van der Waals surface area contributed by atoms with Gasteiger partial charge in [-0.3, -0.25) is 10.1 Å². The molecule has 0 amide bonds. The van der Waals surface area contributed by atoms with Gasteiger partial charge in [-0.05, 0) is 18.6 Å². The third-order valence-corrected chi connectivity index (χ3v) is 2.09. The van der Waals surface area contributed by atoms with E-state index < -0.39 is 11.0 Å². The molecule has 0 aromatic heterocycles. The fourth-order valence-corrected chi connectivity index (χ4v) is 1.23. The van der Waals surface area contributed by atoms with Gasteiger partial charge in [0, 0.05) is 12.6 Å². The van der Waals surface area contributed by atoms with Crippen LogP contribution in [0.15, 0.2) is 18.2 Å². The summed E-state index contributed by atoms with van der Waals surface area (Å²) in [6.45, 7) is 1.45. The molecule has 16 heavy (non-hydrogen) atoms. The molecule has 0 heterocycles. The molecule has 0 bridgehead atoms. The average Bonchev–Trinajstić information content (AvgIpc) is 2.26. The minimum Gasteiger partial charge on any atom is -0.394 e. The van der Waals surface area contributed by atoms with Crippen molar-refractivity contribution in [3.8, 4) is 0 Å². The van der Waals surface area contributed by atoms with Crippen molar-refractivity contribution in [2.45, 2.75) is 13.0 Å². The SMILES string of the molecule is Cc1ccc(NCC(O)CO)c([N+](=O)[O-])c1. The van der Waals surface area contributed by atoms with Crippen LogP contribution in [0.25, 0.3) is 0 Å². The maximum atomic E-state index is 10.7. The normalized spacial score (nSPS) is 12.2. The Balaban J connectivity index is 2.82. The molecule has 1 unspecified atom stereocenters. The van der Waals surface area contributed by atoms with Crippen molar-refractivity contribution in [2.75, 3.05) is 18.5 Å². The third kappa shape index (κ3) is 3.18.